The van der Waals surface area contributed by atoms with Crippen LogP contribution in [0.4, 0.5) is 10.5 Å². The molecule has 4 rings (SSSR count). The van der Waals surface area contributed by atoms with Crippen LogP contribution in [0.15, 0.2) is 108 Å². The van der Waals surface area contributed by atoms with E-state index in [1.807, 2.05) is 67.0 Å². The van der Waals surface area contributed by atoms with Crippen molar-refractivity contribution >= 4 is 27.6 Å². The Hall–Kier alpha value is -3.55. The van der Waals surface area contributed by atoms with Crippen LogP contribution >= 0.6 is 15.9 Å². The van der Waals surface area contributed by atoms with Gasteiger partial charge >= 0.3 is 6.03 Å². The first-order chi connectivity index (χ1) is 16.7. The molecule has 2 heterocycles. The molecule has 0 bridgehead atoms. The number of amides is 2. The Morgan fingerprint density at radius 1 is 0.794 bits per heavy atom. The van der Waals surface area contributed by atoms with Crippen LogP contribution in [0.25, 0.3) is 0 Å². The zero-order valence-corrected chi connectivity index (χ0v) is 20.2. The van der Waals surface area contributed by atoms with Crippen molar-refractivity contribution in [3.8, 4) is 0 Å². The van der Waals surface area contributed by atoms with Crippen molar-refractivity contribution in [2.75, 3.05) is 18.4 Å². The molecule has 0 aliphatic heterocycles. The lowest BCUT2D eigenvalue weighted by Gasteiger charge is -2.29. The minimum atomic E-state index is -0.233. The molecular weight excluding hydrogens is 490 g/mol. The Labute approximate surface area is 208 Å². The summed E-state index contributed by atoms with van der Waals surface area (Å²) in [6, 6.07) is 25.4. The quantitative estimate of drug-likeness (QED) is 0.256. The van der Waals surface area contributed by atoms with E-state index in [2.05, 4.69) is 66.1 Å². The van der Waals surface area contributed by atoms with Crippen molar-refractivity contribution < 1.29 is 4.79 Å². The van der Waals surface area contributed by atoms with Crippen LogP contribution in [0.3, 0.4) is 0 Å². The van der Waals surface area contributed by atoms with Gasteiger partial charge in [0.15, 0.2) is 0 Å². The summed E-state index contributed by atoms with van der Waals surface area (Å²) in [4.78, 5) is 21.0. The lowest BCUT2D eigenvalue weighted by Crippen LogP contribution is -2.37. The monoisotopic (exact) mass is 515 g/mol. The van der Waals surface area contributed by atoms with Crippen molar-refractivity contribution in [1.29, 1.82) is 0 Å². The van der Waals surface area contributed by atoms with Crippen molar-refractivity contribution in [3.63, 3.8) is 0 Å². The van der Waals surface area contributed by atoms with Crippen molar-refractivity contribution in [2.45, 2.75) is 12.0 Å². The number of para-hydroxylation sites is 1. The van der Waals surface area contributed by atoms with E-state index < -0.39 is 0 Å². The summed E-state index contributed by atoms with van der Waals surface area (Å²) in [6.45, 7) is 1.05. The van der Waals surface area contributed by atoms with Crippen LogP contribution in [0.2, 0.25) is 0 Å². The summed E-state index contributed by atoms with van der Waals surface area (Å²) in [5, 5.41) is 9.43. The third-order valence-electron chi connectivity index (χ3n) is 5.43. The van der Waals surface area contributed by atoms with Gasteiger partial charge in [0.2, 0.25) is 0 Å². The number of hydrogen-bond acceptors (Lipinski definition) is 4. The minimum absolute atomic E-state index is 0.0187. The highest BCUT2D eigenvalue weighted by molar-refractivity contribution is 9.10. The first kappa shape index (κ1) is 23.6. The van der Waals surface area contributed by atoms with Crippen molar-refractivity contribution in [3.05, 3.63) is 125 Å². The molecule has 0 fully saturated rings. The maximum Gasteiger partial charge on any atom is 0.319 e. The summed E-state index contributed by atoms with van der Waals surface area (Å²) >= 11 is 3.61. The van der Waals surface area contributed by atoms with Crippen LogP contribution in [-0.4, -0.2) is 29.1 Å². The molecular formula is C27H26BrN5O. The molecule has 0 saturated carbocycles. The molecule has 2 aromatic carbocycles. The van der Waals surface area contributed by atoms with E-state index in [1.54, 1.807) is 12.4 Å². The van der Waals surface area contributed by atoms with E-state index in [9.17, 15) is 4.79 Å². The second-order valence-electron chi connectivity index (χ2n) is 7.78. The Kier molecular flexibility index (Phi) is 8.38. The Bertz CT molecular complexity index is 1140. The summed E-state index contributed by atoms with van der Waals surface area (Å²) in [5.74, 6) is -0.0187. The molecule has 1 atom stereocenters. The van der Waals surface area contributed by atoms with Gasteiger partial charge < -0.3 is 16.0 Å². The highest BCUT2D eigenvalue weighted by Gasteiger charge is 2.27. The van der Waals surface area contributed by atoms with Gasteiger partial charge in [-0.15, -0.1) is 0 Å². The van der Waals surface area contributed by atoms with E-state index in [0.29, 0.717) is 13.1 Å². The van der Waals surface area contributed by atoms with Crippen molar-refractivity contribution in [1.82, 2.24) is 20.6 Å². The Balaban J connectivity index is 1.52. The number of aromatic nitrogens is 2. The number of benzene rings is 2. The molecule has 2 aromatic heterocycles. The van der Waals surface area contributed by atoms with E-state index in [0.717, 1.165) is 26.9 Å². The average Bonchev–Trinajstić information content (AvgIpc) is 2.87. The molecule has 6 nitrogen and oxygen atoms in total. The number of pyridine rings is 2. The van der Waals surface area contributed by atoms with Crippen LogP contribution in [0, 0.1) is 0 Å². The lowest BCUT2D eigenvalue weighted by atomic mass is 9.83. The van der Waals surface area contributed by atoms with Gasteiger partial charge in [-0.2, -0.15) is 0 Å². The standard InChI is InChI=1S/C27H26BrN5O/c28-23-10-4-7-20(17-23)26(31-15-16-32-27(34)33-24-11-2-1-3-12-24)25(21-8-5-13-29-18-21)22-9-6-14-30-19-22/h1-14,17-19,25-26,31H,15-16H2,(H2,32,33,34). The molecule has 4 aromatic rings. The number of anilines is 1. The predicted molar refractivity (Wildman–Crippen MR) is 139 cm³/mol. The normalized spacial score (nSPS) is 11.7. The Morgan fingerprint density at radius 3 is 2.09 bits per heavy atom. The van der Waals surface area contributed by atoms with Gasteiger partial charge in [0, 0.05) is 60.0 Å². The molecule has 0 aliphatic rings. The number of carbonyl (C=O) groups excluding carboxylic acids is 1. The first-order valence-corrected chi connectivity index (χ1v) is 11.9. The smallest absolute Gasteiger partial charge is 0.319 e. The molecule has 34 heavy (non-hydrogen) atoms. The number of rotatable bonds is 9. The topological polar surface area (TPSA) is 78.9 Å². The van der Waals surface area contributed by atoms with Gasteiger partial charge in [-0.1, -0.05) is 58.4 Å². The summed E-state index contributed by atoms with van der Waals surface area (Å²) in [7, 11) is 0. The summed E-state index contributed by atoms with van der Waals surface area (Å²) in [6.07, 6.45) is 7.35. The number of halogens is 1. The van der Waals surface area contributed by atoms with Gasteiger partial charge in [0.25, 0.3) is 0 Å². The fourth-order valence-corrected chi connectivity index (χ4v) is 4.34. The second kappa shape index (κ2) is 12.1. The largest absolute Gasteiger partial charge is 0.337 e. The first-order valence-electron chi connectivity index (χ1n) is 11.1. The van der Waals surface area contributed by atoms with Crippen LogP contribution < -0.4 is 16.0 Å². The molecule has 172 valence electrons. The Morgan fingerprint density at radius 2 is 1.47 bits per heavy atom. The van der Waals surface area contributed by atoms with E-state index in [1.165, 1.54) is 0 Å². The SMILES string of the molecule is O=C(NCCNC(c1cccc(Br)c1)C(c1cccnc1)c1cccnc1)Nc1ccccc1. The minimum Gasteiger partial charge on any atom is -0.337 e. The van der Waals surface area contributed by atoms with E-state index in [-0.39, 0.29) is 18.0 Å². The number of carbonyl (C=O) groups is 1. The molecule has 0 radical (unpaired) electrons. The second-order valence-corrected chi connectivity index (χ2v) is 8.70. The van der Waals surface area contributed by atoms with Crippen LogP contribution in [-0.2, 0) is 0 Å². The number of hydrogen-bond donors (Lipinski definition) is 3. The fraction of sp³-hybridized carbons (Fsp3) is 0.148. The van der Waals surface area contributed by atoms with Crippen LogP contribution in [0.1, 0.15) is 28.7 Å². The van der Waals surface area contributed by atoms with Gasteiger partial charge in [-0.3, -0.25) is 9.97 Å². The maximum atomic E-state index is 12.3. The van der Waals surface area contributed by atoms with E-state index in [4.69, 9.17) is 0 Å². The zero-order valence-electron chi connectivity index (χ0n) is 18.6. The molecule has 0 saturated heterocycles. The molecule has 2 amide bonds. The van der Waals surface area contributed by atoms with Gasteiger partial charge in [-0.05, 0) is 53.1 Å². The maximum absolute atomic E-state index is 12.3. The molecule has 0 spiro atoms. The van der Waals surface area contributed by atoms with Crippen LogP contribution in [0.5, 0.6) is 0 Å². The highest BCUT2D eigenvalue weighted by Crippen LogP contribution is 2.37. The van der Waals surface area contributed by atoms with Gasteiger partial charge in [0.1, 0.15) is 0 Å². The number of urea groups is 1. The van der Waals surface area contributed by atoms with Crippen molar-refractivity contribution in [2.24, 2.45) is 0 Å². The fourth-order valence-electron chi connectivity index (χ4n) is 3.93. The molecule has 0 aliphatic carbocycles. The molecule has 1 unspecified atom stereocenters. The highest BCUT2D eigenvalue weighted by atomic mass is 79.9. The summed E-state index contributed by atoms with van der Waals surface area (Å²) < 4.78 is 1.01. The molecule has 3 N–H and O–H groups in total. The predicted octanol–water partition coefficient (Wildman–Crippen LogP) is 5.52. The third kappa shape index (κ3) is 6.50. The number of nitrogens with zero attached hydrogens (tertiary/aromatic N) is 2. The van der Waals surface area contributed by atoms with E-state index >= 15 is 0 Å². The summed E-state index contributed by atoms with van der Waals surface area (Å²) in [5.41, 5.74) is 4.06. The van der Waals surface area contributed by atoms with Gasteiger partial charge in [0.05, 0.1) is 0 Å². The van der Waals surface area contributed by atoms with Gasteiger partial charge in [-0.25, -0.2) is 4.79 Å². The lowest BCUT2D eigenvalue weighted by molar-refractivity contribution is 0.252. The third-order valence-corrected chi connectivity index (χ3v) is 5.93. The molecule has 7 heteroatoms. The average molecular weight is 516 g/mol. The zero-order chi connectivity index (χ0) is 23.6. The number of nitrogens with one attached hydrogen (secondary N) is 3.